The van der Waals surface area contributed by atoms with Gasteiger partial charge in [-0.05, 0) is 25.7 Å². The van der Waals surface area contributed by atoms with Crippen molar-refractivity contribution in [3.63, 3.8) is 0 Å². The van der Waals surface area contributed by atoms with Gasteiger partial charge in [0.1, 0.15) is 5.69 Å². The SMILES string of the molecule is Cc1[nH]nc2c1NC(=O)CC(C1CC1)N2. The molecule has 1 aliphatic heterocycles. The summed E-state index contributed by atoms with van der Waals surface area (Å²) in [4.78, 5) is 11.6. The molecule has 1 fully saturated rings. The normalized spacial score (nSPS) is 25.1. The third kappa shape index (κ3) is 1.48. The minimum absolute atomic E-state index is 0.0858. The van der Waals surface area contributed by atoms with Crippen molar-refractivity contribution in [1.82, 2.24) is 10.2 Å². The zero-order valence-electron chi connectivity index (χ0n) is 8.63. The second-order valence-corrected chi connectivity index (χ2v) is 4.41. The molecule has 80 valence electrons. The average Bonchev–Trinajstić information content (AvgIpc) is 2.97. The minimum atomic E-state index is 0.0858. The molecule has 0 aromatic carbocycles. The lowest BCUT2D eigenvalue weighted by atomic mass is 10.1. The van der Waals surface area contributed by atoms with E-state index in [4.69, 9.17) is 0 Å². The van der Waals surface area contributed by atoms with Crippen LogP contribution in [0.25, 0.3) is 0 Å². The Kier molecular flexibility index (Phi) is 1.74. The zero-order valence-corrected chi connectivity index (χ0v) is 8.63. The third-order valence-electron chi connectivity index (χ3n) is 3.13. The van der Waals surface area contributed by atoms with E-state index in [0.29, 0.717) is 12.3 Å². The Labute approximate surface area is 87.6 Å². The Morgan fingerprint density at radius 1 is 1.40 bits per heavy atom. The van der Waals surface area contributed by atoms with Gasteiger partial charge in [0.05, 0.1) is 5.69 Å². The van der Waals surface area contributed by atoms with Crippen molar-refractivity contribution in [2.45, 2.75) is 32.2 Å². The highest BCUT2D eigenvalue weighted by atomic mass is 16.1. The van der Waals surface area contributed by atoms with Gasteiger partial charge in [0.2, 0.25) is 5.91 Å². The number of nitrogens with zero attached hydrogens (tertiary/aromatic N) is 1. The van der Waals surface area contributed by atoms with E-state index in [9.17, 15) is 4.79 Å². The summed E-state index contributed by atoms with van der Waals surface area (Å²) in [7, 11) is 0. The molecule has 5 heteroatoms. The second-order valence-electron chi connectivity index (χ2n) is 4.41. The summed E-state index contributed by atoms with van der Waals surface area (Å²) in [6.07, 6.45) is 3.01. The molecule has 3 N–H and O–H groups in total. The summed E-state index contributed by atoms with van der Waals surface area (Å²) in [6, 6.07) is 0.258. The predicted octanol–water partition coefficient (Wildman–Crippen LogP) is 1.25. The number of anilines is 2. The number of hydrogen-bond donors (Lipinski definition) is 3. The molecule has 0 radical (unpaired) electrons. The Bertz CT molecular complexity index is 408. The van der Waals surface area contributed by atoms with Crippen molar-refractivity contribution in [3.8, 4) is 0 Å². The van der Waals surface area contributed by atoms with Gasteiger partial charge in [0.15, 0.2) is 5.82 Å². The molecule has 3 rings (SSSR count). The van der Waals surface area contributed by atoms with Gasteiger partial charge in [0.25, 0.3) is 0 Å². The number of rotatable bonds is 1. The first-order valence-corrected chi connectivity index (χ1v) is 5.35. The largest absolute Gasteiger partial charge is 0.363 e. The number of fused-ring (bicyclic) bond motifs is 1. The summed E-state index contributed by atoms with van der Waals surface area (Å²) in [5.74, 6) is 1.52. The molecule has 0 spiro atoms. The molecule has 1 amide bonds. The summed E-state index contributed by atoms with van der Waals surface area (Å²) < 4.78 is 0. The molecule has 0 saturated heterocycles. The molecule has 1 aromatic rings. The fourth-order valence-electron chi connectivity index (χ4n) is 2.09. The summed E-state index contributed by atoms with van der Waals surface area (Å²) in [5.41, 5.74) is 1.71. The van der Waals surface area contributed by atoms with Gasteiger partial charge >= 0.3 is 0 Å². The Morgan fingerprint density at radius 2 is 2.20 bits per heavy atom. The number of hydrogen-bond acceptors (Lipinski definition) is 3. The molecular weight excluding hydrogens is 192 g/mol. The number of nitrogens with one attached hydrogen (secondary N) is 3. The topological polar surface area (TPSA) is 69.8 Å². The van der Waals surface area contributed by atoms with Gasteiger partial charge < -0.3 is 10.6 Å². The first kappa shape index (κ1) is 8.76. The maximum absolute atomic E-state index is 11.6. The molecule has 1 aliphatic carbocycles. The summed E-state index contributed by atoms with van der Waals surface area (Å²) in [5, 5.41) is 13.3. The molecule has 2 aliphatic rings. The lowest BCUT2D eigenvalue weighted by molar-refractivity contribution is -0.116. The lowest BCUT2D eigenvalue weighted by Crippen LogP contribution is -2.25. The number of aryl methyl sites for hydroxylation is 1. The van der Waals surface area contributed by atoms with Crippen molar-refractivity contribution in [3.05, 3.63) is 5.69 Å². The van der Waals surface area contributed by atoms with Crippen molar-refractivity contribution in [2.75, 3.05) is 10.6 Å². The monoisotopic (exact) mass is 206 g/mol. The van der Waals surface area contributed by atoms with Gasteiger partial charge in [-0.25, -0.2) is 0 Å². The van der Waals surface area contributed by atoms with E-state index >= 15 is 0 Å². The number of aromatic nitrogens is 2. The van der Waals surface area contributed by atoms with Crippen LogP contribution in [0.4, 0.5) is 11.5 Å². The molecule has 1 saturated carbocycles. The molecule has 15 heavy (non-hydrogen) atoms. The molecule has 1 atom stereocenters. The van der Waals surface area contributed by atoms with Crippen LogP contribution in [0.2, 0.25) is 0 Å². The van der Waals surface area contributed by atoms with E-state index in [1.165, 1.54) is 12.8 Å². The van der Waals surface area contributed by atoms with Gasteiger partial charge in [-0.2, -0.15) is 5.10 Å². The number of carbonyl (C=O) groups excluding carboxylic acids is 1. The van der Waals surface area contributed by atoms with Crippen LogP contribution in [0.15, 0.2) is 0 Å². The van der Waals surface area contributed by atoms with Crippen LogP contribution in [-0.4, -0.2) is 22.1 Å². The van der Waals surface area contributed by atoms with Crippen molar-refractivity contribution >= 4 is 17.4 Å². The van der Waals surface area contributed by atoms with Crippen LogP contribution < -0.4 is 10.6 Å². The first-order valence-electron chi connectivity index (χ1n) is 5.35. The Hall–Kier alpha value is -1.52. The van der Waals surface area contributed by atoms with E-state index in [-0.39, 0.29) is 11.9 Å². The highest BCUT2D eigenvalue weighted by Crippen LogP contribution is 2.38. The van der Waals surface area contributed by atoms with Crippen LogP contribution in [-0.2, 0) is 4.79 Å². The van der Waals surface area contributed by atoms with E-state index in [1.807, 2.05) is 6.92 Å². The molecular formula is C10H14N4O. The van der Waals surface area contributed by atoms with E-state index < -0.39 is 0 Å². The van der Waals surface area contributed by atoms with Crippen molar-refractivity contribution < 1.29 is 4.79 Å². The maximum Gasteiger partial charge on any atom is 0.226 e. The van der Waals surface area contributed by atoms with Gasteiger partial charge in [0, 0.05) is 12.5 Å². The molecule has 1 unspecified atom stereocenters. The van der Waals surface area contributed by atoms with E-state index in [1.54, 1.807) is 0 Å². The fraction of sp³-hybridized carbons (Fsp3) is 0.600. The number of H-pyrrole nitrogens is 1. The second kappa shape index (κ2) is 2.98. The van der Waals surface area contributed by atoms with Gasteiger partial charge in [-0.1, -0.05) is 0 Å². The van der Waals surface area contributed by atoms with Crippen molar-refractivity contribution in [1.29, 1.82) is 0 Å². The zero-order chi connectivity index (χ0) is 10.4. The Morgan fingerprint density at radius 3 is 2.93 bits per heavy atom. The fourth-order valence-corrected chi connectivity index (χ4v) is 2.09. The molecule has 5 nitrogen and oxygen atoms in total. The number of aromatic amines is 1. The lowest BCUT2D eigenvalue weighted by Gasteiger charge is -2.13. The van der Waals surface area contributed by atoms with Crippen molar-refractivity contribution in [2.24, 2.45) is 5.92 Å². The Balaban J connectivity index is 1.93. The number of carbonyl (C=O) groups is 1. The standard InChI is InChI=1S/C10H14N4O/c1-5-9-10(14-13-5)11-7(6-2-3-6)4-8(15)12-9/h6-7H,2-4H2,1H3,(H,12,15)(H2,11,13,14). The van der Waals surface area contributed by atoms with Crippen LogP contribution in [0.5, 0.6) is 0 Å². The molecule has 2 heterocycles. The average molecular weight is 206 g/mol. The number of amides is 1. The van der Waals surface area contributed by atoms with Crippen LogP contribution in [0.3, 0.4) is 0 Å². The minimum Gasteiger partial charge on any atom is -0.363 e. The molecule has 1 aromatic heterocycles. The van der Waals surface area contributed by atoms with E-state index in [2.05, 4.69) is 20.8 Å². The third-order valence-corrected chi connectivity index (χ3v) is 3.13. The van der Waals surface area contributed by atoms with E-state index in [0.717, 1.165) is 17.2 Å². The van der Waals surface area contributed by atoms with Gasteiger partial charge in [-0.15, -0.1) is 0 Å². The summed E-state index contributed by atoms with van der Waals surface area (Å²) >= 11 is 0. The summed E-state index contributed by atoms with van der Waals surface area (Å²) in [6.45, 7) is 1.91. The highest BCUT2D eigenvalue weighted by Gasteiger charge is 2.35. The quantitative estimate of drug-likeness (QED) is 0.647. The van der Waals surface area contributed by atoms with Gasteiger partial charge in [-0.3, -0.25) is 9.89 Å². The van der Waals surface area contributed by atoms with Crippen LogP contribution in [0, 0.1) is 12.8 Å². The maximum atomic E-state index is 11.6. The highest BCUT2D eigenvalue weighted by molar-refractivity contribution is 5.96. The predicted molar refractivity (Wildman–Crippen MR) is 56.7 cm³/mol. The van der Waals surface area contributed by atoms with Crippen LogP contribution in [0.1, 0.15) is 25.0 Å². The van der Waals surface area contributed by atoms with Crippen LogP contribution >= 0.6 is 0 Å². The first-order chi connectivity index (χ1) is 7.24. The smallest absolute Gasteiger partial charge is 0.226 e. The molecule has 0 bridgehead atoms.